The van der Waals surface area contributed by atoms with E-state index >= 15 is 0 Å². The van der Waals surface area contributed by atoms with Crippen molar-refractivity contribution >= 4 is 35.6 Å². The predicted octanol–water partition coefficient (Wildman–Crippen LogP) is 2.23. The van der Waals surface area contributed by atoms with Gasteiger partial charge in [-0.2, -0.15) is 0 Å². The largest absolute Gasteiger partial charge is 0.381 e. The van der Waals surface area contributed by atoms with E-state index in [1.165, 1.54) is 0 Å². The van der Waals surface area contributed by atoms with E-state index in [0.717, 1.165) is 31.7 Å². The summed E-state index contributed by atoms with van der Waals surface area (Å²) >= 11 is 0. The Morgan fingerprint density at radius 1 is 1.35 bits per heavy atom. The van der Waals surface area contributed by atoms with Crippen molar-refractivity contribution in [3.05, 3.63) is 30.3 Å². The second kappa shape index (κ2) is 8.43. The molecule has 0 saturated carbocycles. The van der Waals surface area contributed by atoms with E-state index in [0.29, 0.717) is 12.5 Å². The summed E-state index contributed by atoms with van der Waals surface area (Å²) in [7, 11) is 1.72. The van der Waals surface area contributed by atoms with Crippen molar-refractivity contribution < 1.29 is 9.47 Å². The Kier molecular flexibility index (Phi) is 7.25. The minimum atomic E-state index is -0.235. The number of methoxy groups -OCH3 is 1. The Morgan fingerprint density at radius 2 is 2.00 bits per heavy atom. The summed E-state index contributed by atoms with van der Waals surface area (Å²) in [6, 6.07) is 9.75. The number of hydrogen-bond donors (Lipinski definition) is 2. The highest BCUT2D eigenvalue weighted by molar-refractivity contribution is 14.0. The van der Waals surface area contributed by atoms with Crippen LogP contribution in [0.15, 0.2) is 35.3 Å². The summed E-state index contributed by atoms with van der Waals surface area (Å²) in [6.07, 6.45) is 1.71. The molecule has 1 fully saturated rings. The molecule has 0 amide bonds. The highest BCUT2D eigenvalue weighted by Gasteiger charge is 2.32. The van der Waals surface area contributed by atoms with Gasteiger partial charge in [-0.3, -0.25) is 4.99 Å². The van der Waals surface area contributed by atoms with Gasteiger partial charge in [-0.25, -0.2) is 0 Å². The van der Waals surface area contributed by atoms with Crippen molar-refractivity contribution in [2.75, 3.05) is 32.2 Å². The van der Waals surface area contributed by atoms with Crippen LogP contribution in [0, 0.1) is 0 Å². The zero-order chi connectivity index (χ0) is 13.6. The lowest BCUT2D eigenvalue weighted by Crippen LogP contribution is -2.42. The minimum absolute atomic E-state index is 0. The molecule has 1 aliphatic rings. The third-order valence-corrected chi connectivity index (χ3v) is 3.42. The Morgan fingerprint density at radius 3 is 2.60 bits per heavy atom. The minimum Gasteiger partial charge on any atom is -0.381 e. The second-order valence-electron chi connectivity index (χ2n) is 4.69. The topological polar surface area (TPSA) is 68.9 Å². The molecule has 0 unspecified atom stereocenters. The van der Waals surface area contributed by atoms with Crippen LogP contribution in [0.25, 0.3) is 0 Å². The number of nitrogens with two attached hydrogens (primary N) is 1. The van der Waals surface area contributed by atoms with Crippen molar-refractivity contribution in [3.63, 3.8) is 0 Å². The maximum Gasteiger partial charge on any atom is 0.193 e. The standard InChI is InChI=1S/C14H21N3O2.HI/c1-18-14(7-9-19-10-8-14)11-16-13(15)17-12-5-3-2-4-6-12;/h2-6H,7-11H2,1H3,(H3,15,16,17);1H. The van der Waals surface area contributed by atoms with Gasteiger partial charge in [0.25, 0.3) is 0 Å². The maximum absolute atomic E-state index is 5.89. The molecule has 5 nitrogen and oxygen atoms in total. The van der Waals surface area contributed by atoms with Crippen molar-refractivity contribution in [2.45, 2.75) is 18.4 Å². The van der Waals surface area contributed by atoms with Crippen molar-refractivity contribution in [1.29, 1.82) is 0 Å². The van der Waals surface area contributed by atoms with Crippen LogP contribution in [-0.4, -0.2) is 38.4 Å². The average molecular weight is 391 g/mol. The van der Waals surface area contributed by atoms with E-state index in [-0.39, 0.29) is 29.6 Å². The molecule has 1 aliphatic heterocycles. The van der Waals surface area contributed by atoms with Gasteiger partial charge in [0, 0.05) is 38.9 Å². The highest BCUT2D eigenvalue weighted by atomic mass is 127. The Balaban J connectivity index is 0.00000200. The normalized spacial score (nSPS) is 18.1. The highest BCUT2D eigenvalue weighted by Crippen LogP contribution is 2.24. The van der Waals surface area contributed by atoms with E-state index in [9.17, 15) is 0 Å². The third kappa shape index (κ3) is 4.92. The number of nitrogens with one attached hydrogen (secondary N) is 1. The molecular weight excluding hydrogens is 369 g/mol. The van der Waals surface area contributed by atoms with Crippen LogP contribution >= 0.6 is 24.0 Å². The fraction of sp³-hybridized carbons (Fsp3) is 0.500. The second-order valence-corrected chi connectivity index (χ2v) is 4.69. The van der Waals surface area contributed by atoms with E-state index in [2.05, 4.69) is 10.3 Å². The van der Waals surface area contributed by atoms with Crippen molar-refractivity contribution in [3.8, 4) is 0 Å². The molecule has 1 heterocycles. The van der Waals surface area contributed by atoms with Crippen LogP contribution in [0.5, 0.6) is 0 Å². The van der Waals surface area contributed by atoms with Gasteiger partial charge >= 0.3 is 0 Å². The number of para-hydroxylation sites is 1. The first-order valence-corrected chi connectivity index (χ1v) is 6.49. The van der Waals surface area contributed by atoms with Gasteiger partial charge in [0.1, 0.15) is 0 Å². The number of anilines is 1. The quantitative estimate of drug-likeness (QED) is 0.469. The molecule has 6 heteroatoms. The monoisotopic (exact) mass is 391 g/mol. The van der Waals surface area contributed by atoms with Crippen LogP contribution < -0.4 is 11.1 Å². The first-order chi connectivity index (χ1) is 9.24. The number of halogens is 1. The smallest absolute Gasteiger partial charge is 0.193 e. The summed E-state index contributed by atoms with van der Waals surface area (Å²) in [5.74, 6) is 0.411. The fourth-order valence-electron chi connectivity index (χ4n) is 2.11. The van der Waals surface area contributed by atoms with E-state index < -0.39 is 0 Å². The molecule has 0 spiro atoms. The molecule has 1 saturated heterocycles. The number of ether oxygens (including phenoxy) is 2. The number of hydrogen-bond acceptors (Lipinski definition) is 3. The summed E-state index contributed by atoms with van der Waals surface area (Å²) in [4.78, 5) is 4.39. The first kappa shape index (κ1) is 17.2. The lowest BCUT2D eigenvalue weighted by molar-refractivity contribution is -0.0828. The van der Waals surface area contributed by atoms with Crippen molar-refractivity contribution in [2.24, 2.45) is 10.7 Å². The molecule has 1 aromatic rings. The molecule has 0 aliphatic carbocycles. The van der Waals surface area contributed by atoms with Gasteiger partial charge in [0.05, 0.1) is 12.1 Å². The number of rotatable bonds is 4. The predicted molar refractivity (Wildman–Crippen MR) is 91.8 cm³/mol. The number of benzene rings is 1. The number of guanidine groups is 1. The average Bonchev–Trinajstić information content (AvgIpc) is 2.47. The van der Waals surface area contributed by atoms with Crippen LogP contribution in [-0.2, 0) is 9.47 Å². The molecule has 112 valence electrons. The van der Waals surface area contributed by atoms with Crippen LogP contribution in [0.3, 0.4) is 0 Å². The summed E-state index contributed by atoms with van der Waals surface area (Å²) in [5.41, 5.74) is 6.59. The van der Waals surface area contributed by atoms with Gasteiger partial charge in [0.15, 0.2) is 5.96 Å². The van der Waals surface area contributed by atoms with Crippen LogP contribution in [0.1, 0.15) is 12.8 Å². The summed E-state index contributed by atoms with van der Waals surface area (Å²) in [5, 5.41) is 3.06. The SMILES string of the molecule is COC1(CN=C(N)Nc2ccccc2)CCOCC1.I. The number of nitrogens with zero attached hydrogens (tertiary/aromatic N) is 1. The molecular formula is C14H22IN3O2. The molecule has 0 bridgehead atoms. The fourth-order valence-corrected chi connectivity index (χ4v) is 2.11. The van der Waals surface area contributed by atoms with Gasteiger partial charge < -0.3 is 20.5 Å². The Labute approximate surface area is 137 Å². The lowest BCUT2D eigenvalue weighted by Gasteiger charge is -2.34. The zero-order valence-electron chi connectivity index (χ0n) is 11.7. The molecule has 0 atom stereocenters. The Bertz CT molecular complexity index is 420. The van der Waals surface area contributed by atoms with Crippen LogP contribution in [0.2, 0.25) is 0 Å². The van der Waals surface area contributed by atoms with Crippen LogP contribution in [0.4, 0.5) is 5.69 Å². The van der Waals surface area contributed by atoms with Gasteiger partial charge in [-0.15, -0.1) is 24.0 Å². The molecule has 1 aromatic carbocycles. The van der Waals surface area contributed by atoms with Crippen molar-refractivity contribution in [1.82, 2.24) is 0 Å². The molecule has 2 rings (SSSR count). The molecule has 0 radical (unpaired) electrons. The molecule has 20 heavy (non-hydrogen) atoms. The van der Waals surface area contributed by atoms with E-state index in [1.54, 1.807) is 7.11 Å². The van der Waals surface area contributed by atoms with Gasteiger partial charge in [-0.05, 0) is 12.1 Å². The third-order valence-electron chi connectivity index (χ3n) is 3.42. The maximum atomic E-state index is 5.89. The first-order valence-electron chi connectivity index (χ1n) is 6.49. The Hall–Kier alpha value is -0.860. The van der Waals surface area contributed by atoms with Gasteiger partial charge in [0.2, 0.25) is 0 Å². The summed E-state index contributed by atoms with van der Waals surface area (Å²) < 4.78 is 11.0. The van der Waals surface area contributed by atoms with E-state index in [4.69, 9.17) is 15.2 Å². The van der Waals surface area contributed by atoms with E-state index in [1.807, 2.05) is 30.3 Å². The van der Waals surface area contributed by atoms with Gasteiger partial charge in [-0.1, -0.05) is 18.2 Å². The lowest BCUT2D eigenvalue weighted by atomic mass is 9.94. The summed E-state index contributed by atoms with van der Waals surface area (Å²) in [6.45, 7) is 1.99. The molecule has 3 N–H and O–H groups in total. The molecule has 0 aromatic heterocycles. The number of aliphatic imine (C=N–C) groups is 1. The zero-order valence-corrected chi connectivity index (χ0v) is 14.0.